The lowest BCUT2D eigenvalue weighted by molar-refractivity contribution is 0.669. The Morgan fingerprint density at radius 1 is 0.426 bits per heavy atom. The Balaban J connectivity index is 1.26. The third kappa shape index (κ3) is 4.84. The molecule has 0 radical (unpaired) electrons. The maximum atomic E-state index is 8.76. The Hall–Kier alpha value is -6.39. The van der Waals surface area contributed by atoms with E-state index in [0.717, 1.165) is 33.1 Å². The van der Waals surface area contributed by atoms with Gasteiger partial charge in [0.1, 0.15) is 11.2 Å². The molecule has 220 valence electrons. The lowest BCUT2D eigenvalue weighted by Gasteiger charge is -2.12. The largest absolute Gasteiger partial charge is 0.456 e. The predicted molar refractivity (Wildman–Crippen MR) is 192 cm³/mol. The van der Waals surface area contributed by atoms with Gasteiger partial charge >= 0.3 is 0 Å². The van der Waals surface area contributed by atoms with Crippen LogP contribution in [0.25, 0.3) is 89.1 Å². The van der Waals surface area contributed by atoms with E-state index in [4.69, 9.17) is 33.1 Å². The minimum absolute atomic E-state index is 0.0678. The molecule has 9 aromatic rings. The number of benzene rings is 7. The zero-order chi connectivity index (χ0) is 39.9. The van der Waals surface area contributed by atoms with Crippen molar-refractivity contribution in [3.8, 4) is 56.4 Å². The second-order valence-corrected chi connectivity index (χ2v) is 10.9. The fraction of sp³-hybridized carbons (Fsp3) is 0. The summed E-state index contributed by atoms with van der Waals surface area (Å²) in [6.45, 7) is 0. The highest BCUT2D eigenvalue weighted by Gasteiger charge is 2.17. The van der Waals surface area contributed by atoms with Crippen molar-refractivity contribution >= 4 is 32.7 Å². The van der Waals surface area contributed by atoms with Gasteiger partial charge in [-0.25, -0.2) is 15.0 Å². The fourth-order valence-corrected chi connectivity index (χ4v) is 5.97. The van der Waals surface area contributed by atoms with Gasteiger partial charge in [-0.3, -0.25) is 0 Å². The molecule has 0 fully saturated rings. The molecule has 7 aromatic carbocycles. The summed E-state index contributed by atoms with van der Waals surface area (Å²) >= 11 is 0. The van der Waals surface area contributed by atoms with E-state index in [9.17, 15) is 0 Å². The minimum atomic E-state index is -0.541. The SMILES string of the molecule is [2H]c1c([2H])c([2H])c(-c2ccc3c(-c4nc(-c5cccc(-c6cccc7oc8ccccc8c67)c5)nc(-c5c([2H])c([2H])c([2H])c([2H])c5[2H])n4)cccc3c2)c([2H])c1[2H]. The van der Waals surface area contributed by atoms with Crippen LogP contribution in [-0.2, 0) is 0 Å². The number of hydrogen-bond acceptors (Lipinski definition) is 4. The van der Waals surface area contributed by atoms with E-state index in [-0.39, 0.29) is 40.7 Å². The molecule has 0 saturated heterocycles. The van der Waals surface area contributed by atoms with Crippen molar-refractivity contribution in [3.63, 3.8) is 0 Å². The first-order valence-corrected chi connectivity index (χ1v) is 14.9. The summed E-state index contributed by atoms with van der Waals surface area (Å²) in [4.78, 5) is 14.4. The van der Waals surface area contributed by atoms with Gasteiger partial charge in [0.05, 0.1) is 13.7 Å². The Bertz CT molecular complexity index is 3110. The van der Waals surface area contributed by atoms with Gasteiger partial charge in [0, 0.05) is 27.5 Å². The number of aromatic nitrogens is 3. The van der Waals surface area contributed by atoms with Crippen molar-refractivity contribution in [2.75, 3.05) is 0 Å². The van der Waals surface area contributed by atoms with E-state index in [1.54, 1.807) is 30.3 Å². The molecule has 0 unspecified atom stereocenters. The molecule has 0 aliphatic heterocycles. The molecule has 0 saturated carbocycles. The third-order valence-corrected chi connectivity index (χ3v) is 8.10. The molecule has 0 N–H and O–H groups in total. The summed E-state index contributed by atoms with van der Waals surface area (Å²) in [5, 5.41) is 3.22. The van der Waals surface area contributed by atoms with Crippen molar-refractivity contribution < 1.29 is 18.1 Å². The molecule has 47 heavy (non-hydrogen) atoms. The van der Waals surface area contributed by atoms with Gasteiger partial charge in [-0.05, 0) is 57.3 Å². The van der Waals surface area contributed by atoms with Crippen molar-refractivity contribution in [1.82, 2.24) is 15.0 Å². The number of rotatable bonds is 5. The summed E-state index contributed by atoms with van der Waals surface area (Å²) in [6.07, 6.45) is 0. The average molecular weight is 612 g/mol. The average Bonchev–Trinajstić information content (AvgIpc) is 3.62. The van der Waals surface area contributed by atoms with Gasteiger partial charge in [-0.2, -0.15) is 0 Å². The van der Waals surface area contributed by atoms with E-state index < -0.39 is 48.3 Å². The zero-order valence-electron chi connectivity index (χ0n) is 34.6. The van der Waals surface area contributed by atoms with E-state index in [0.29, 0.717) is 27.5 Å². The van der Waals surface area contributed by atoms with Crippen LogP contribution in [0.4, 0.5) is 0 Å². The number of nitrogens with zero attached hydrogens (tertiary/aromatic N) is 3. The van der Waals surface area contributed by atoms with Crippen LogP contribution >= 0.6 is 0 Å². The highest BCUT2D eigenvalue weighted by molar-refractivity contribution is 6.12. The van der Waals surface area contributed by atoms with Gasteiger partial charge < -0.3 is 4.42 Å². The van der Waals surface area contributed by atoms with E-state index in [1.165, 1.54) is 0 Å². The van der Waals surface area contributed by atoms with Crippen LogP contribution < -0.4 is 0 Å². The fourth-order valence-electron chi connectivity index (χ4n) is 5.97. The highest BCUT2D eigenvalue weighted by Crippen LogP contribution is 2.38. The lowest BCUT2D eigenvalue weighted by atomic mass is 9.97. The monoisotopic (exact) mass is 611 g/mol. The minimum Gasteiger partial charge on any atom is -0.456 e. The topological polar surface area (TPSA) is 51.8 Å². The molecule has 0 aliphatic rings. The smallest absolute Gasteiger partial charge is 0.164 e. The van der Waals surface area contributed by atoms with Gasteiger partial charge in [0.25, 0.3) is 0 Å². The molecule has 0 spiro atoms. The third-order valence-electron chi connectivity index (χ3n) is 8.10. The maximum Gasteiger partial charge on any atom is 0.164 e. The Kier molecular flexibility index (Phi) is 4.42. The molecule has 2 aromatic heterocycles. The van der Waals surface area contributed by atoms with E-state index in [2.05, 4.69) is 0 Å². The Morgan fingerprint density at radius 2 is 1.09 bits per heavy atom. The first-order valence-electron chi connectivity index (χ1n) is 19.9. The number of hydrogen-bond donors (Lipinski definition) is 0. The second kappa shape index (κ2) is 11.2. The molecule has 9 rings (SSSR count). The lowest BCUT2D eigenvalue weighted by Crippen LogP contribution is -2.00. The molecule has 4 heteroatoms. The van der Waals surface area contributed by atoms with Crippen LogP contribution in [0, 0.1) is 0 Å². The quantitative estimate of drug-likeness (QED) is 0.194. The van der Waals surface area contributed by atoms with Crippen LogP contribution in [0.3, 0.4) is 0 Å². The van der Waals surface area contributed by atoms with Crippen LogP contribution in [0.15, 0.2) is 168 Å². The summed E-state index contributed by atoms with van der Waals surface area (Å²) in [5.74, 6) is 0.241. The van der Waals surface area contributed by atoms with Gasteiger partial charge in [0.15, 0.2) is 17.5 Å². The van der Waals surface area contributed by atoms with Crippen molar-refractivity contribution in [2.24, 2.45) is 0 Å². The summed E-state index contributed by atoms with van der Waals surface area (Å²) in [5.41, 5.74) is 4.68. The predicted octanol–water partition coefficient (Wildman–Crippen LogP) is 11.3. The molecular weight excluding hydrogens is 574 g/mol. The van der Waals surface area contributed by atoms with Crippen molar-refractivity contribution in [2.45, 2.75) is 0 Å². The Morgan fingerprint density at radius 3 is 1.94 bits per heavy atom. The first kappa shape index (κ1) is 18.5. The van der Waals surface area contributed by atoms with Gasteiger partial charge in [0.2, 0.25) is 0 Å². The second-order valence-electron chi connectivity index (χ2n) is 10.9. The summed E-state index contributed by atoms with van der Waals surface area (Å²) < 4.78 is 90.0. The normalized spacial score (nSPS) is 14.4. The molecule has 0 atom stereocenters. The standard InChI is InChI=1S/C43H27N3O/c1-3-12-28(13-4-1)30-24-25-34-31(26-30)17-10-21-36(34)43-45-41(29-14-5-2-6-15-29)44-42(46-43)33-18-9-16-32(27-33)35-20-11-23-39-40(35)37-19-7-8-22-38(37)47-39/h1-27H/i1D,2D,3D,4D,5D,6D,12D,13D,14D,15D. The molecule has 2 heterocycles. The van der Waals surface area contributed by atoms with Gasteiger partial charge in [-0.1, -0.05) is 139 Å². The van der Waals surface area contributed by atoms with E-state index in [1.807, 2.05) is 72.8 Å². The van der Waals surface area contributed by atoms with Crippen LogP contribution in [-0.4, -0.2) is 15.0 Å². The number of furan rings is 1. The molecule has 0 amide bonds. The van der Waals surface area contributed by atoms with Gasteiger partial charge in [-0.15, -0.1) is 0 Å². The summed E-state index contributed by atoms with van der Waals surface area (Å²) in [6, 6.07) is 27.3. The van der Waals surface area contributed by atoms with Crippen LogP contribution in [0.2, 0.25) is 0 Å². The number of para-hydroxylation sites is 1. The van der Waals surface area contributed by atoms with Crippen LogP contribution in [0.5, 0.6) is 0 Å². The van der Waals surface area contributed by atoms with Crippen molar-refractivity contribution in [3.05, 3.63) is 164 Å². The van der Waals surface area contributed by atoms with Crippen molar-refractivity contribution in [1.29, 1.82) is 0 Å². The maximum absolute atomic E-state index is 8.76. The van der Waals surface area contributed by atoms with E-state index >= 15 is 0 Å². The molecule has 0 bridgehead atoms. The molecule has 0 aliphatic carbocycles. The highest BCUT2D eigenvalue weighted by atomic mass is 16.3. The molecule has 4 nitrogen and oxygen atoms in total. The Labute approximate surface area is 285 Å². The summed E-state index contributed by atoms with van der Waals surface area (Å²) in [7, 11) is 0. The van der Waals surface area contributed by atoms with Crippen LogP contribution in [0.1, 0.15) is 13.7 Å². The first-order chi connectivity index (χ1) is 27.4. The zero-order valence-corrected chi connectivity index (χ0v) is 24.6. The molecular formula is C43H27N3O. The number of fused-ring (bicyclic) bond motifs is 4.